The van der Waals surface area contributed by atoms with Crippen LogP contribution in [-0.4, -0.2) is 53.4 Å². The molecule has 1 saturated heterocycles. The lowest BCUT2D eigenvalue weighted by Gasteiger charge is -2.19. The van der Waals surface area contributed by atoms with Crippen LogP contribution in [0.15, 0.2) is 35.7 Å². The minimum Gasteiger partial charge on any atom is -0.487 e. The number of carbonyl (C=O) groups excluding carboxylic acids is 1. The quantitative estimate of drug-likeness (QED) is 0.713. The number of rotatable bonds is 6. The number of carbonyl (C=O) groups is 1. The van der Waals surface area contributed by atoms with E-state index in [1.54, 1.807) is 17.4 Å². The Morgan fingerprint density at radius 1 is 1.22 bits per heavy atom. The maximum atomic E-state index is 12.4. The summed E-state index contributed by atoms with van der Waals surface area (Å²) < 4.78 is 5.76. The van der Waals surface area contributed by atoms with Crippen LogP contribution in [0.2, 0.25) is 0 Å². The summed E-state index contributed by atoms with van der Waals surface area (Å²) in [6.07, 6.45) is 4.59. The van der Waals surface area contributed by atoms with Gasteiger partial charge in [-0.15, -0.1) is 11.3 Å². The molecule has 1 amide bonds. The molecule has 3 rings (SSSR count). The van der Waals surface area contributed by atoms with E-state index in [9.17, 15) is 4.79 Å². The highest BCUT2D eigenvalue weighted by atomic mass is 32.1. The highest BCUT2D eigenvalue weighted by molar-refractivity contribution is 7.09. The molecule has 2 heterocycles. The fraction of sp³-hybridized carbons (Fsp3) is 0.429. The summed E-state index contributed by atoms with van der Waals surface area (Å²) in [6.45, 7) is 9.36. The van der Waals surface area contributed by atoms with Crippen molar-refractivity contribution in [2.45, 2.75) is 26.9 Å². The van der Waals surface area contributed by atoms with Crippen LogP contribution in [0.25, 0.3) is 6.08 Å². The van der Waals surface area contributed by atoms with Crippen LogP contribution in [0.4, 0.5) is 0 Å². The van der Waals surface area contributed by atoms with E-state index in [-0.39, 0.29) is 5.91 Å². The van der Waals surface area contributed by atoms with Crippen molar-refractivity contribution in [1.29, 1.82) is 0 Å². The molecule has 0 N–H and O–H groups in total. The van der Waals surface area contributed by atoms with Crippen LogP contribution in [0, 0.1) is 6.92 Å². The molecule has 1 aromatic heterocycles. The van der Waals surface area contributed by atoms with Gasteiger partial charge in [0.05, 0.1) is 10.7 Å². The van der Waals surface area contributed by atoms with Crippen LogP contribution in [0.1, 0.15) is 29.6 Å². The lowest BCUT2D eigenvalue weighted by molar-refractivity contribution is -0.125. The van der Waals surface area contributed by atoms with Gasteiger partial charge in [0, 0.05) is 31.1 Å². The highest BCUT2D eigenvalue weighted by Crippen LogP contribution is 2.16. The van der Waals surface area contributed by atoms with E-state index in [2.05, 4.69) is 16.8 Å². The molecule has 0 unspecified atom stereocenters. The summed E-state index contributed by atoms with van der Waals surface area (Å²) in [5.41, 5.74) is 1.94. The lowest BCUT2D eigenvalue weighted by Crippen LogP contribution is -2.34. The van der Waals surface area contributed by atoms with Crippen molar-refractivity contribution >= 4 is 23.3 Å². The van der Waals surface area contributed by atoms with Crippen molar-refractivity contribution in [2.75, 3.05) is 32.7 Å². The summed E-state index contributed by atoms with van der Waals surface area (Å²) in [7, 11) is 0. The van der Waals surface area contributed by atoms with Crippen molar-refractivity contribution in [3.05, 3.63) is 52.0 Å². The number of nitrogens with zero attached hydrogens (tertiary/aromatic N) is 3. The maximum absolute atomic E-state index is 12.4. The number of likely N-dealkylation sites (N-methyl/N-ethyl adjacent to an activating group) is 1. The summed E-state index contributed by atoms with van der Waals surface area (Å²) in [4.78, 5) is 21.2. The van der Waals surface area contributed by atoms with Crippen molar-refractivity contribution in [3.8, 4) is 5.75 Å². The van der Waals surface area contributed by atoms with Gasteiger partial charge in [0.25, 0.3) is 0 Å². The van der Waals surface area contributed by atoms with E-state index in [1.165, 1.54) is 0 Å². The Balaban J connectivity index is 1.50. The Bertz CT molecular complexity index is 770. The summed E-state index contributed by atoms with van der Waals surface area (Å²) in [6, 6.07) is 7.78. The van der Waals surface area contributed by atoms with Gasteiger partial charge < -0.3 is 14.5 Å². The van der Waals surface area contributed by atoms with E-state index in [0.717, 1.165) is 61.2 Å². The van der Waals surface area contributed by atoms with E-state index >= 15 is 0 Å². The molecular formula is C21H27N3O2S. The van der Waals surface area contributed by atoms with Gasteiger partial charge in [0.1, 0.15) is 12.4 Å². The third-order valence-corrected chi connectivity index (χ3v) is 5.52. The second kappa shape index (κ2) is 9.67. The summed E-state index contributed by atoms with van der Waals surface area (Å²) in [5.74, 6) is 0.892. The molecule has 1 aliphatic heterocycles. The van der Waals surface area contributed by atoms with Gasteiger partial charge in [-0.3, -0.25) is 4.79 Å². The number of aryl methyl sites for hydroxylation is 1. The molecule has 0 atom stereocenters. The largest absolute Gasteiger partial charge is 0.487 e. The zero-order valence-electron chi connectivity index (χ0n) is 16.1. The fourth-order valence-electron chi connectivity index (χ4n) is 3.09. The number of thiazole rings is 1. The van der Waals surface area contributed by atoms with Gasteiger partial charge in [0.15, 0.2) is 0 Å². The van der Waals surface area contributed by atoms with Crippen LogP contribution >= 0.6 is 11.3 Å². The Hall–Kier alpha value is -2.18. The van der Waals surface area contributed by atoms with Crippen LogP contribution in [-0.2, 0) is 11.4 Å². The van der Waals surface area contributed by atoms with E-state index in [4.69, 9.17) is 4.74 Å². The molecule has 1 aromatic carbocycles. The third kappa shape index (κ3) is 5.91. The van der Waals surface area contributed by atoms with Crippen LogP contribution < -0.4 is 4.74 Å². The highest BCUT2D eigenvalue weighted by Gasteiger charge is 2.16. The number of hydrogen-bond acceptors (Lipinski definition) is 5. The van der Waals surface area contributed by atoms with Crippen molar-refractivity contribution in [2.24, 2.45) is 0 Å². The fourth-order valence-corrected chi connectivity index (χ4v) is 3.68. The molecule has 1 aliphatic rings. The number of amides is 1. The van der Waals surface area contributed by atoms with E-state index in [0.29, 0.717) is 6.61 Å². The Morgan fingerprint density at radius 2 is 2.04 bits per heavy atom. The van der Waals surface area contributed by atoms with Crippen LogP contribution in [0.3, 0.4) is 0 Å². The van der Waals surface area contributed by atoms with Crippen molar-refractivity contribution < 1.29 is 9.53 Å². The topological polar surface area (TPSA) is 45.7 Å². The normalized spacial score (nSPS) is 15.9. The molecule has 5 nitrogen and oxygen atoms in total. The van der Waals surface area contributed by atoms with Gasteiger partial charge in [-0.05, 0) is 50.2 Å². The van der Waals surface area contributed by atoms with Gasteiger partial charge in [0.2, 0.25) is 5.91 Å². The molecule has 6 heteroatoms. The molecule has 2 aromatic rings. The predicted molar refractivity (Wildman–Crippen MR) is 110 cm³/mol. The Labute approximate surface area is 165 Å². The first kappa shape index (κ1) is 19.6. The number of aromatic nitrogens is 1. The molecule has 0 radical (unpaired) electrons. The standard InChI is InChI=1S/C21H27N3O2S/c1-3-23-11-4-12-24(14-13-23)21(25)10-7-18-5-8-20(9-6-18)26-15-19-16-27-17(2)22-19/h5-10,16H,3-4,11-15H2,1-2H3/b10-7+. The van der Waals surface area contributed by atoms with E-state index in [1.807, 2.05) is 47.5 Å². The number of benzene rings is 1. The smallest absolute Gasteiger partial charge is 0.246 e. The molecule has 27 heavy (non-hydrogen) atoms. The SMILES string of the molecule is CCN1CCCN(C(=O)/C=C/c2ccc(OCc3csc(C)n3)cc2)CC1. The van der Waals surface area contributed by atoms with Gasteiger partial charge in [-0.2, -0.15) is 0 Å². The molecule has 0 saturated carbocycles. The first-order valence-electron chi connectivity index (χ1n) is 9.47. The second-order valence-corrected chi connectivity index (χ2v) is 7.72. The minimum atomic E-state index is 0.0900. The minimum absolute atomic E-state index is 0.0900. The average molecular weight is 386 g/mol. The zero-order chi connectivity index (χ0) is 19.1. The number of ether oxygens (including phenoxy) is 1. The molecule has 0 spiro atoms. The molecule has 144 valence electrons. The summed E-state index contributed by atoms with van der Waals surface area (Å²) >= 11 is 1.63. The van der Waals surface area contributed by atoms with Gasteiger partial charge in [-0.25, -0.2) is 4.98 Å². The van der Waals surface area contributed by atoms with Crippen LogP contribution in [0.5, 0.6) is 5.75 Å². The molecule has 0 aliphatic carbocycles. The molecule has 1 fully saturated rings. The average Bonchev–Trinajstić information content (AvgIpc) is 2.96. The van der Waals surface area contributed by atoms with Gasteiger partial charge in [-0.1, -0.05) is 19.1 Å². The maximum Gasteiger partial charge on any atom is 0.246 e. The lowest BCUT2D eigenvalue weighted by atomic mass is 10.2. The van der Waals surface area contributed by atoms with Crippen molar-refractivity contribution in [3.63, 3.8) is 0 Å². The second-order valence-electron chi connectivity index (χ2n) is 6.66. The van der Waals surface area contributed by atoms with Gasteiger partial charge >= 0.3 is 0 Å². The molecular weight excluding hydrogens is 358 g/mol. The first-order valence-corrected chi connectivity index (χ1v) is 10.3. The monoisotopic (exact) mass is 385 g/mol. The Kier molecular flexibility index (Phi) is 7.01. The first-order chi connectivity index (χ1) is 13.1. The molecule has 0 bridgehead atoms. The predicted octanol–water partition coefficient (Wildman–Crippen LogP) is 3.60. The summed E-state index contributed by atoms with van der Waals surface area (Å²) in [5, 5.41) is 3.06. The number of hydrogen-bond donors (Lipinski definition) is 0. The van der Waals surface area contributed by atoms with Crippen molar-refractivity contribution in [1.82, 2.24) is 14.8 Å². The Morgan fingerprint density at radius 3 is 2.74 bits per heavy atom. The zero-order valence-corrected chi connectivity index (χ0v) is 16.9. The third-order valence-electron chi connectivity index (χ3n) is 4.70. The van der Waals surface area contributed by atoms with E-state index < -0.39 is 0 Å².